The summed E-state index contributed by atoms with van der Waals surface area (Å²) in [6, 6.07) is 7.66. The first-order valence-electron chi connectivity index (χ1n) is 2.98. The predicted octanol–water partition coefficient (Wildman–Crippen LogP) is 2.13. The number of alkyl halides is 1. The van der Waals surface area contributed by atoms with Gasteiger partial charge in [-0.05, 0) is 17.7 Å². The van der Waals surface area contributed by atoms with E-state index in [1.807, 2.05) is 24.3 Å². The number of halogens is 2. The highest BCUT2D eigenvalue weighted by atomic mass is 35.5. The van der Waals surface area contributed by atoms with Gasteiger partial charge < -0.3 is 5.43 Å². The zero-order valence-electron chi connectivity index (χ0n) is 5.88. The van der Waals surface area contributed by atoms with Gasteiger partial charge >= 0.3 is 0 Å². The van der Waals surface area contributed by atoms with E-state index < -0.39 is 0 Å². The molecule has 0 aliphatic rings. The Kier molecular flexibility index (Phi) is 5.03. The maximum atomic E-state index is 5.59. The van der Waals surface area contributed by atoms with Crippen LogP contribution in [0.2, 0.25) is 0 Å². The molecule has 0 fully saturated rings. The molecular weight excluding hydrogens is 183 g/mol. The number of nitrogens with one attached hydrogen (secondary N) is 1. The van der Waals surface area contributed by atoms with Crippen molar-refractivity contribution in [2.24, 2.45) is 5.84 Å². The van der Waals surface area contributed by atoms with Gasteiger partial charge in [0.2, 0.25) is 0 Å². The molecule has 1 rings (SSSR count). The van der Waals surface area contributed by atoms with Gasteiger partial charge in [-0.2, -0.15) is 0 Å². The number of nitrogen functional groups attached to an aromatic ring is 1. The van der Waals surface area contributed by atoms with Gasteiger partial charge in [-0.3, -0.25) is 5.84 Å². The van der Waals surface area contributed by atoms with Gasteiger partial charge in [-0.1, -0.05) is 12.1 Å². The highest BCUT2D eigenvalue weighted by Crippen LogP contribution is 2.10. The van der Waals surface area contributed by atoms with Crippen LogP contribution in [0.1, 0.15) is 5.56 Å². The summed E-state index contributed by atoms with van der Waals surface area (Å²) in [5, 5.41) is 0. The summed E-state index contributed by atoms with van der Waals surface area (Å²) in [5.41, 5.74) is 4.50. The van der Waals surface area contributed by atoms with Crippen molar-refractivity contribution in [2.75, 3.05) is 5.43 Å². The van der Waals surface area contributed by atoms with Gasteiger partial charge in [-0.15, -0.1) is 24.0 Å². The van der Waals surface area contributed by atoms with Crippen molar-refractivity contribution in [3.63, 3.8) is 0 Å². The fourth-order valence-electron chi connectivity index (χ4n) is 0.744. The predicted molar refractivity (Wildman–Crippen MR) is 51.1 cm³/mol. The van der Waals surface area contributed by atoms with Gasteiger partial charge in [0.05, 0.1) is 0 Å². The zero-order valence-corrected chi connectivity index (χ0v) is 7.45. The lowest BCUT2D eigenvalue weighted by Crippen LogP contribution is -2.06. The molecule has 0 heterocycles. The van der Waals surface area contributed by atoms with Crippen LogP contribution in [0.25, 0.3) is 0 Å². The van der Waals surface area contributed by atoms with E-state index in [0.29, 0.717) is 5.88 Å². The molecule has 1 aromatic carbocycles. The Hall–Kier alpha value is -0.440. The number of hydrogen-bond donors (Lipinski definition) is 2. The molecule has 0 bridgehead atoms. The van der Waals surface area contributed by atoms with E-state index in [2.05, 4.69) is 5.43 Å². The Morgan fingerprint density at radius 2 is 2.18 bits per heavy atom. The first-order valence-corrected chi connectivity index (χ1v) is 3.52. The van der Waals surface area contributed by atoms with Gasteiger partial charge in [0.25, 0.3) is 0 Å². The SMILES string of the molecule is Cl.NNc1cccc(CCl)c1. The average Bonchev–Trinajstić information content (AvgIpc) is 2.05. The lowest BCUT2D eigenvalue weighted by atomic mass is 10.2. The second-order valence-corrected chi connectivity index (χ2v) is 2.25. The number of rotatable bonds is 2. The first-order chi connectivity index (χ1) is 4.86. The van der Waals surface area contributed by atoms with E-state index in [9.17, 15) is 0 Å². The minimum Gasteiger partial charge on any atom is -0.324 e. The van der Waals surface area contributed by atoms with Crippen LogP contribution in [0.5, 0.6) is 0 Å². The fraction of sp³-hybridized carbons (Fsp3) is 0.143. The minimum atomic E-state index is 0. The Morgan fingerprint density at radius 3 is 2.73 bits per heavy atom. The minimum absolute atomic E-state index is 0. The third kappa shape index (κ3) is 2.97. The Balaban J connectivity index is 0.000001000. The van der Waals surface area contributed by atoms with Crippen molar-refractivity contribution in [1.29, 1.82) is 0 Å². The lowest BCUT2D eigenvalue weighted by molar-refractivity contribution is 1.32. The van der Waals surface area contributed by atoms with Crippen molar-refractivity contribution in [2.45, 2.75) is 5.88 Å². The molecule has 4 heteroatoms. The molecule has 0 aliphatic carbocycles. The van der Waals surface area contributed by atoms with Crippen LogP contribution in [0.4, 0.5) is 5.69 Å². The summed E-state index contributed by atoms with van der Waals surface area (Å²) in [5.74, 6) is 5.70. The van der Waals surface area contributed by atoms with Crippen LogP contribution in [0, 0.1) is 0 Å². The fourth-order valence-corrected chi connectivity index (χ4v) is 0.910. The smallest absolute Gasteiger partial charge is 0.0488 e. The maximum Gasteiger partial charge on any atom is 0.0488 e. The molecule has 0 radical (unpaired) electrons. The normalized spacial score (nSPS) is 8.55. The largest absolute Gasteiger partial charge is 0.324 e. The highest BCUT2D eigenvalue weighted by Gasteiger charge is 1.90. The molecule has 0 unspecified atom stereocenters. The van der Waals surface area contributed by atoms with Crippen molar-refractivity contribution >= 4 is 29.7 Å². The van der Waals surface area contributed by atoms with Gasteiger partial charge in [0.15, 0.2) is 0 Å². The number of anilines is 1. The molecule has 11 heavy (non-hydrogen) atoms. The molecule has 62 valence electrons. The molecule has 0 amide bonds. The zero-order chi connectivity index (χ0) is 7.40. The quantitative estimate of drug-likeness (QED) is 0.429. The molecule has 0 saturated heterocycles. The number of benzene rings is 1. The maximum absolute atomic E-state index is 5.59. The van der Waals surface area contributed by atoms with E-state index in [1.54, 1.807) is 0 Å². The number of nitrogens with two attached hydrogens (primary N) is 1. The summed E-state index contributed by atoms with van der Waals surface area (Å²) >= 11 is 5.59. The number of hydrazine groups is 1. The summed E-state index contributed by atoms with van der Waals surface area (Å²) in [4.78, 5) is 0. The van der Waals surface area contributed by atoms with Crippen LogP contribution in [0.3, 0.4) is 0 Å². The standard InChI is InChI=1S/C7H9ClN2.ClH/c8-5-6-2-1-3-7(4-6)10-9;/h1-4,10H,5,9H2;1H. The second-order valence-electron chi connectivity index (χ2n) is 1.98. The molecule has 0 atom stereocenters. The summed E-state index contributed by atoms with van der Waals surface area (Å²) in [6.07, 6.45) is 0. The lowest BCUT2D eigenvalue weighted by Gasteiger charge is -1.99. The summed E-state index contributed by atoms with van der Waals surface area (Å²) in [6.45, 7) is 0. The Labute approximate surface area is 77.1 Å². The molecule has 1 aromatic rings. The van der Waals surface area contributed by atoms with Gasteiger partial charge in [0.1, 0.15) is 0 Å². The third-order valence-corrected chi connectivity index (χ3v) is 1.56. The van der Waals surface area contributed by atoms with Crippen LogP contribution >= 0.6 is 24.0 Å². The molecule has 0 aromatic heterocycles. The van der Waals surface area contributed by atoms with E-state index in [1.165, 1.54) is 0 Å². The highest BCUT2D eigenvalue weighted by molar-refractivity contribution is 6.17. The van der Waals surface area contributed by atoms with Crippen LogP contribution in [-0.2, 0) is 5.88 Å². The third-order valence-electron chi connectivity index (χ3n) is 1.25. The Morgan fingerprint density at radius 1 is 1.45 bits per heavy atom. The molecule has 2 nitrogen and oxygen atoms in total. The summed E-state index contributed by atoms with van der Waals surface area (Å²) < 4.78 is 0. The first kappa shape index (κ1) is 10.6. The molecule has 0 aliphatic heterocycles. The number of hydrogen-bond acceptors (Lipinski definition) is 2. The topological polar surface area (TPSA) is 38.0 Å². The Bertz CT molecular complexity index is 196. The molecule has 0 spiro atoms. The van der Waals surface area contributed by atoms with E-state index in [-0.39, 0.29) is 12.4 Å². The van der Waals surface area contributed by atoms with E-state index >= 15 is 0 Å². The van der Waals surface area contributed by atoms with Gasteiger partial charge in [-0.25, -0.2) is 0 Å². The van der Waals surface area contributed by atoms with Crippen molar-refractivity contribution in [1.82, 2.24) is 0 Å². The van der Waals surface area contributed by atoms with Crippen molar-refractivity contribution in [3.8, 4) is 0 Å². The van der Waals surface area contributed by atoms with Crippen LogP contribution in [0.15, 0.2) is 24.3 Å². The van der Waals surface area contributed by atoms with E-state index in [4.69, 9.17) is 17.4 Å². The van der Waals surface area contributed by atoms with Crippen molar-refractivity contribution < 1.29 is 0 Å². The van der Waals surface area contributed by atoms with E-state index in [0.717, 1.165) is 11.3 Å². The van der Waals surface area contributed by atoms with Gasteiger partial charge in [0, 0.05) is 11.6 Å². The van der Waals surface area contributed by atoms with Crippen LogP contribution < -0.4 is 11.3 Å². The molecular formula is C7H10Cl2N2. The second kappa shape index (κ2) is 5.24. The molecule has 0 saturated carbocycles. The summed E-state index contributed by atoms with van der Waals surface area (Å²) in [7, 11) is 0. The van der Waals surface area contributed by atoms with Crippen LogP contribution in [-0.4, -0.2) is 0 Å². The monoisotopic (exact) mass is 192 g/mol. The average molecular weight is 193 g/mol. The van der Waals surface area contributed by atoms with Crippen molar-refractivity contribution in [3.05, 3.63) is 29.8 Å². The molecule has 3 N–H and O–H groups in total.